The molecule has 0 aliphatic carbocycles. The zero-order valence-electron chi connectivity index (χ0n) is 23.9. The van der Waals surface area contributed by atoms with Gasteiger partial charge in [-0.15, -0.1) is 0 Å². The van der Waals surface area contributed by atoms with Gasteiger partial charge in [-0.3, -0.25) is 9.59 Å². The number of hydrogen-bond donors (Lipinski definition) is 2. The summed E-state index contributed by atoms with van der Waals surface area (Å²) in [6.07, 6.45) is 0.432. The zero-order valence-corrected chi connectivity index (χ0v) is 24.8. The molecule has 10 heteroatoms. The number of methoxy groups -OCH3 is 2. The van der Waals surface area contributed by atoms with Gasteiger partial charge in [0.15, 0.2) is 0 Å². The molecular formula is C33H34N2O7S. The van der Waals surface area contributed by atoms with Crippen LogP contribution in [0.1, 0.15) is 21.5 Å². The molecule has 4 aromatic carbocycles. The highest BCUT2D eigenvalue weighted by Crippen LogP contribution is 2.28. The van der Waals surface area contributed by atoms with Crippen molar-refractivity contribution in [1.82, 2.24) is 10.0 Å². The van der Waals surface area contributed by atoms with E-state index in [-0.39, 0.29) is 29.6 Å². The van der Waals surface area contributed by atoms with Crippen molar-refractivity contribution in [2.75, 3.05) is 20.8 Å². The fraction of sp³-hybridized carbons (Fsp3) is 0.212. The molecule has 0 heterocycles. The molecule has 0 saturated carbocycles. The molecule has 0 aliphatic heterocycles. The standard InChI is InChI=1S/C33H34N2O7S/c1-40-28-18-19-31(30(22-28)41-2)43(38,39)35-29(21-25-14-8-4-9-15-25)33(37)42-23-27(20-24-12-6-3-7-13-24)34-32(36)26-16-10-5-11-17-26/h3-19,22,27,29,35H,20-21,23H2,1-2H3,(H,34,36)/t27-,29+/m1/s1. The van der Waals surface area contributed by atoms with Gasteiger partial charge in [0, 0.05) is 11.6 Å². The van der Waals surface area contributed by atoms with Crippen LogP contribution in [0, 0.1) is 0 Å². The molecule has 0 aliphatic rings. The first kappa shape index (κ1) is 31.3. The number of ether oxygens (including phenoxy) is 3. The third kappa shape index (κ3) is 8.91. The van der Waals surface area contributed by atoms with Crippen molar-refractivity contribution < 1.29 is 32.2 Å². The van der Waals surface area contributed by atoms with Crippen molar-refractivity contribution >= 4 is 21.9 Å². The van der Waals surface area contributed by atoms with Gasteiger partial charge in [0.1, 0.15) is 29.0 Å². The van der Waals surface area contributed by atoms with Gasteiger partial charge in [0.25, 0.3) is 5.91 Å². The quantitative estimate of drug-likeness (QED) is 0.208. The molecule has 0 radical (unpaired) electrons. The summed E-state index contributed by atoms with van der Waals surface area (Å²) in [4.78, 5) is 26.3. The lowest BCUT2D eigenvalue weighted by Crippen LogP contribution is -2.46. The van der Waals surface area contributed by atoms with E-state index in [1.54, 1.807) is 48.5 Å². The molecule has 0 fully saturated rings. The number of carbonyl (C=O) groups is 2. The minimum atomic E-state index is -4.24. The Bertz CT molecular complexity index is 1600. The molecule has 4 aromatic rings. The van der Waals surface area contributed by atoms with Crippen molar-refractivity contribution in [3.63, 3.8) is 0 Å². The normalized spacial score (nSPS) is 12.5. The second-order valence-corrected chi connectivity index (χ2v) is 11.4. The Kier molecular flexibility index (Phi) is 10.9. The zero-order chi connectivity index (χ0) is 30.7. The lowest BCUT2D eigenvalue weighted by Gasteiger charge is -2.22. The molecular weight excluding hydrogens is 568 g/mol. The van der Waals surface area contributed by atoms with E-state index < -0.39 is 28.1 Å². The van der Waals surface area contributed by atoms with Crippen molar-refractivity contribution in [2.24, 2.45) is 0 Å². The van der Waals surface area contributed by atoms with Gasteiger partial charge in [-0.25, -0.2) is 8.42 Å². The van der Waals surface area contributed by atoms with Crippen LogP contribution in [0.2, 0.25) is 0 Å². The van der Waals surface area contributed by atoms with Gasteiger partial charge < -0.3 is 19.5 Å². The van der Waals surface area contributed by atoms with Crippen LogP contribution < -0.4 is 19.5 Å². The SMILES string of the molecule is COc1ccc(S(=O)(=O)N[C@@H](Cc2ccccc2)C(=O)OC[C@@H](Cc2ccccc2)NC(=O)c2ccccc2)c(OC)c1. The first-order chi connectivity index (χ1) is 20.8. The lowest BCUT2D eigenvalue weighted by molar-refractivity contribution is -0.146. The summed E-state index contributed by atoms with van der Waals surface area (Å²) >= 11 is 0. The van der Waals surface area contributed by atoms with Crippen molar-refractivity contribution in [2.45, 2.75) is 29.8 Å². The summed E-state index contributed by atoms with van der Waals surface area (Å²) in [6.45, 7) is -0.175. The van der Waals surface area contributed by atoms with Gasteiger partial charge in [0.05, 0.1) is 20.3 Å². The number of amides is 1. The summed E-state index contributed by atoms with van der Waals surface area (Å²) in [7, 11) is -1.43. The summed E-state index contributed by atoms with van der Waals surface area (Å²) in [5.41, 5.74) is 2.13. The van der Waals surface area contributed by atoms with E-state index in [9.17, 15) is 18.0 Å². The Hall–Kier alpha value is -4.67. The summed E-state index contributed by atoms with van der Waals surface area (Å²) < 4.78 is 45.7. The smallest absolute Gasteiger partial charge is 0.324 e. The third-order valence-corrected chi connectivity index (χ3v) is 8.16. The van der Waals surface area contributed by atoms with Crippen LogP contribution in [0.25, 0.3) is 0 Å². The van der Waals surface area contributed by atoms with Gasteiger partial charge in [0.2, 0.25) is 10.0 Å². The molecule has 2 atom stereocenters. The predicted molar refractivity (Wildman–Crippen MR) is 163 cm³/mol. The molecule has 9 nitrogen and oxygen atoms in total. The Morgan fingerprint density at radius 3 is 1.91 bits per heavy atom. The van der Waals surface area contributed by atoms with Crippen molar-refractivity contribution in [3.05, 3.63) is 126 Å². The third-order valence-electron chi connectivity index (χ3n) is 6.65. The molecule has 0 aromatic heterocycles. The molecule has 224 valence electrons. The topological polar surface area (TPSA) is 120 Å². The fourth-order valence-electron chi connectivity index (χ4n) is 4.46. The molecule has 0 saturated heterocycles. The number of benzene rings is 4. The lowest BCUT2D eigenvalue weighted by atomic mass is 10.1. The van der Waals surface area contributed by atoms with Gasteiger partial charge in [-0.2, -0.15) is 4.72 Å². The van der Waals surface area contributed by atoms with E-state index in [0.29, 0.717) is 17.7 Å². The summed E-state index contributed by atoms with van der Waals surface area (Å²) in [5.74, 6) is -0.624. The van der Waals surface area contributed by atoms with Crippen LogP contribution in [0.4, 0.5) is 0 Å². The summed E-state index contributed by atoms with van der Waals surface area (Å²) in [6, 6.07) is 29.7. The first-order valence-corrected chi connectivity index (χ1v) is 15.1. The van der Waals surface area contributed by atoms with Crippen molar-refractivity contribution in [1.29, 1.82) is 0 Å². The Morgan fingerprint density at radius 1 is 0.744 bits per heavy atom. The van der Waals surface area contributed by atoms with E-state index >= 15 is 0 Å². The largest absolute Gasteiger partial charge is 0.497 e. The van der Waals surface area contributed by atoms with Crippen molar-refractivity contribution in [3.8, 4) is 11.5 Å². The van der Waals surface area contributed by atoms with Crippen LogP contribution in [0.3, 0.4) is 0 Å². The Balaban J connectivity index is 1.55. The molecule has 0 spiro atoms. The number of hydrogen-bond acceptors (Lipinski definition) is 7. The van der Waals surface area contributed by atoms with E-state index in [1.807, 2.05) is 42.5 Å². The predicted octanol–water partition coefficient (Wildman–Crippen LogP) is 4.18. The Labute approximate surface area is 251 Å². The number of rotatable bonds is 14. The van der Waals surface area contributed by atoms with Crippen LogP contribution in [0.15, 0.2) is 114 Å². The van der Waals surface area contributed by atoms with E-state index in [0.717, 1.165) is 11.1 Å². The van der Waals surface area contributed by atoms with E-state index in [2.05, 4.69) is 10.0 Å². The second-order valence-electron chi connectivity index (χ2n) is 9.74. The molecule has 4 rings (SSSR count). The average molecular weight is 603 g/mol. The van der Waals surface area contributed by atoms with Crippen LogP contribution in [-0.4, -0.2) is 53.2 Å². The fourth-order valence-corrected chi connectivity index (χ4v) is 5.80. The highest BCUT2D eigenvalue weighted by Gasteiger charge is 2.30. The highest BCUT2D eigenvalue weighted by molar-refractivity contribution is 7.89. The second kappa shape index (κ2) is 15.0. The highest BCUT2D eigenvalue weighted by atomic mass is 32.2. The average Bonchev–Trinajstić information content (AvgIpc) is 3.04. The van der Waals surface area contributed by atoms with Gasteiger partial charge >= 0.3 is 5.97 Å². The number of sulfonamides is 1. The molecule has 1 amide bonds. The minimum absolute atomic E-state index is 0.0388. The molecule has 43 heavy (non-hydrogen) atoms. The minimum Gasteiger partial charge on any atom is -0.497 e. The number of carbonyl (C=O) groups excluding carboxylic acids is 2. The molecule has 2 N–H and O–H groups in total. The summed E-state index contributed by atoms with van der Waals surface area (Å²) in [5, 5.41) is 2.94. The number of nitrogens with one attached hydrogen (secondary N) is 2. The first-order valence-electron chi connectivity index (χ1n) is 13.6. The van der Waals surface area contributed by atoms with E-state index in [4.69, 9.17) is 14.2 Å². The van der Waals surface area contributed by atoms with Crippen LogP contribution >= 0.6 is 0 Å². The van der Waals surface area contributed by atoms with Crippen LogP contribution in [-0.2, 0) is 32.4 Å². The maximum Gasteiger partial charge on any atom is 0.324 e. The maximum atomic E-state index is 13.5. The number of esters is 1. The van der Waals surface area contributed by atoms with E-state index in [1.165, 1.54) is 32.4 Å². The maximum absolute atomic E-state index is 13.5. The molecule has 0 unspecified atom stereocenters. The molecule has 0 bridgehead atoms. The Morgan fingerprint density at radius 2 is 1.33 bits per heavy atom. The van der Waals surface area contributed by atoms with Gasteiger partial charge in [-0.05, 0) is 48.2 Å². The monoisotopic (exact) mass is 602 g/mol. The van der Waals surface area contributed by atoms with Gasteiger partial charge in [-0.1, -0.05) is 78.9 Å². The van der Waals surface area contributed by atoms with Crippen LogP contribution in [0.5, 0.6) is 11.5 Å².